The summed E-state index contributed by atoms with van der Waals surface area (Å²) in [6.45, 7) is 6.26. The Labute approximate surface area is 155 Å². The van der Waals surface area contributed by atoms with E-state index in [9.17, 15) is 9.59 Å². The average molecular weight is 370 g/mol. The van der Waals surface area contributed by atoms with Crippen LogP contribution in [0.3, 0.4) is 0 Å². The van der Waals surface area contributed by atoms with Gasteiger partial charge in [-0.1, -0.05) is 12.1 Å². The van der Waals surface area contributed by atoms with Gasteiger partial charge in [0.2, 0.25) is 0 Å². The first-order chi connectivity index (χ1) is 12.3. The Hall–Kier alpha value is -2.51. The molecule has 0 aliphatic carbocycles. The summed E-state index contributed by atoms with van der Waals surface area (Å²) in [5.74, 6) is 0.378. The monoisotopic (exact) mass is 370 g/mol. The molecule has 26 heavy (non-hydrogen) atoms. The van der Waals surface area contributed by atoms with Crippen LogP contribution in [0.5, 0.6) is 0 Å². The Balaban J connectivity index is 2.01. The first kappa shape index (κ1) is 18.3. The van der Waals surface area contributed by atoms with Gasteiger partial charge in [0, 0.05) is 5.69 Å². The smallest absolute Gasteiger partial charge is 0.266 e. The Bertz CT molecular complexity index is 1050. The normalized spacial score (nSPS) is 11.3. The molecule has 1 amide bonds. The Kier molecular flexibility index (Phi) is 4.93. The lowest BCUT2D eigenvalue weighted by Crippen LogP contribution is -2.18. The number of fused-ring (bicyclic) bond motifs is 1. The minimum atomic E-state index is -0.215. The summed E-state index contributed by atoms with van der Waals surface area (Å²) in [4.78, 5) is 35.6. The van der Waals surface area contributed by atoms with E-state index in [0.29, 0.717) is 33.0 Å². The molecule has 0 bridgehead atoms. The molecule has 0 aliphatic heterocycles. The van der Waals surface area contributed by atoms with E-state index in [1.807, 2.05) is 51.0 Å². The van der Waals surface area contributed by atoms with Crippen molar-refractivity contribution in [2.45, 2.75) is 27.3 Å². The second kappa shape index (κ2) is 7.01. The highest BCUT2D eigenvalue weighted by atomic mass is 32.1. The van der Waals surface area contributed by atoms with Gasteiger partial charge in [-0.05, 0) is 57.6 Å². The molecule has 0 aliphatic rings. The number of carbonyl (C=O) groups excluding carboxylic acids is 1. The highest BCUT2D eigenvalue weighted by Gasteiger charge is 2.20. The second-order valence-corrected chi connectivity index (χ2v) is 7.76. The molecule has 7 heteroatoms. The number of benzene rings is 1. The third-order valence-corrected chi connectivity index (χ3v) is 5.35. The lowest BCUT2D eigenvalue weighted by atomic mass is 10.1. The van der Waals surface area contributed by atoms with E-state index in [2.05, 4.69) is 15.3 Å². The number of anilines is 1. The first-order valence-corrected chi connectivity index (χ1v) is 9.13. The molecule has 2 N–H and O–H groups in total. The number of amides is 1. The van der Waals surface area contributed by atoms with Crippen molar-refractivity contribution in [1.29, 1.82) is 0 Å². The van der Waals surface area contributed by atoms with Crippen LogP contribution in [0, 0.1) is 20.8 Å². The fourth-order valence-corrected chi connectivity index (χ4v) is 3.92. The summed E-state index contributed by atoms with van der Waals surface area (Å²) in [7, 11) is 3.82. The van der Waals surface area contributed by atoms with Gasteiger partial charge in [0.25, 0.3) is 11.5 Å². The molecular weight excluding hydrogens is 348 g/mol. The molecule has 0 radical (unpaired) electrons. The molecular formula is C19H22N4O2S. The summed E-state index contributed by atoms with van der Waals surface area (Å²) in [5, 5.41) is 3.45. The fraction of sp³-hybridized carbons (Fsp3) is 0.316. The molecule has 3 aromatic rings. The Morgan fingerprint density at radius 1 is 1.27 bits per heavy atom. The van der Waals surface area contributed by atoms with Gasteiger partial charge < -0.3 is 15.2 Å². The predicted molar refractivity (Wildman–Crippen MR) is 106 cm³/mol. The lowest BCUT2D eigenvalue weighted by Gasteiger charge is -2.08. The van der Waals surface area contributed by atoms with Crippen LogP contribution in [0.15, 0.2) is 23.0 Å². The number of hydrogen-bond donors (Lipinski definition) is 2. The molecule has 3 rings (SSSR count). The van der Waals surface area contributed by atoms with E-state index in [1.165, 1.54) is 11.3 Å². The summed E-state index contributed by atoms with van der Waals surface area (Å²) >= 11 is 1.26. The average Bonchev–Trinajstić information content (AvgIpc) is 2.87. The third-order valence-electron chi connectivity index (χ3n) is 4.16. The molecule has 2 aromatic heterocycles. The summed E-state index contributed by atoms with van der Waals surface area (Å²) in [6.07, 6.45) is 0. The van der Waals surface area contributed by atoms with Gasteiger partial charge in [-0.25, -0.2) is 4.98 Å². The van der Waals surface area contributed by atoms with Gasteiger partial charge in [0.1, 0.15) is 10.7 Å². The second-order valence-electron chi connectivity index (χ2n) is 6.76. The number of rotatable bonds is 4. The number of H-pyrrole nitrogens is 1. The maximum absolute atomic E-state index is 12.8. The number of nitrogens with one attached hydrogen (secondary N) is 2. The summed E-state index contributed by atoms with van der Waals surface area (Å²) < 4.78 is 0. The van der Waals surface area contributed by atoms with Crippen LogP contribution < -0.4 is 10.9 Å². The van der Waals surface area contributed by atoms with Gasteiger partial charge in [0.15, 0.2) is 0 Å². The first-order valence-electron chi connectivity index (χ1n) is 8.32. The molecule has 0 fully saturated rings. The van der Waals surface area contributed by atoms with Gasteiger partial charge in [-0.3, -0.25) is 9.59 Å². The molecule has 0 atom stereocenters. The van der Waals surface area contributed by atoms with E-state index >= 15 is 0 Å². The number of carbonyl (C=O) groups is 1. The van der Waals surface area contributed by atoms with Crippen LogP contribution >= 0.6 is 11.3 Å². The molecule has 0 spiro atoms. The Morgan fingerprint density at radius 3 is 2.69 bits per heavy atom. The molecule has 2 heterocycles. The maximum atomic E-state index is 12.8. The zero-order valence-corrected chi connectivity index (χ0v) is 16.4. The number of nitrogens with zero attached hydrogens (tertiary/aromatic N) is 2. The van der Waals surface area contributed by atoms with E-state index in [4.69, 9.17) is 0 Å². The number of thiophene rings is 1. The van der Waals surface area contributed by atoms with Crippen molar-refractivity contribution in [2.24, 2.45) is 0 Å². The molecule has 6 nitrogen and oxygen atoms in total. The number of aryl methyl sites for hydroxylation is 3. The predicted octanol–water partition coefficient (Wildman–Crippen LogP) is 3.22. The number of hydrogen-bond acceptors (Lipinski definition) is 5. The van der Waals surface area contributed by atoms with Crippen molar-refractivity contribution in [3.05, 3.63) is 55.9 Å². The van der Waals surface area contributed by atoms with E-state index in [1.54, 1.807) is 6.92 Å². The van der Waals surface area contributed by atoms with Crippen LogP contribution in [0.2, 0.25) is 0 Å². The third kappa shape index (κ3) is 3.54. The topological polar surface area (TPSA) is 78.1 Å². The minimum absolute atomic E-state index is 0.202. The van der Waals surface area contributed by atoms with Gasteiger partial charge in [-0.15, -0.1) is 11.3 Å². The van der Waals surface area contributed by atoms with E-state index in [0.717, 1.165) is 16.8 Å². The quantitative estimate of drug-likeness (QED) is 0.739. The van der Waals surface area contributed by atoms with Gasteiger partial charge in [-0.2, -0.15) is 0 Å². The van der Waals surface area contributed by atoms with Crippen LogP contribution in [-0.2, 0) is 6.54 Å². The van der Waals surface area contributed by atoms with Crippen molar-refractivity contribution in [1.82, 2.24) is 14.9 Å². The van der Waals surface area contributed by atoms with Crippen LogP contribution in [-0.4, -0.2) is 34.9 Å². The van der Waals surface area contributed by atoms with E-state index < -0.39 is 0 Å². The molecule has 1 aromatic carbocycles. The lowest BCUT2D eigenvalue weighted by molar-refractivity contribution is 0.103. The molecule has 0 saturated heterocycles. The largest absolute Gasteiger partial charge is 0.321 e. The van der Waals surface area contributed by atoms with Crippen LogP contribution in [0.1, 0.15) is 32.2 Å². The zero-order valence-electron chi connectivity index (χ0n) is 15.6. The van der Waals surface area contributed by atoms with Gasteiger partial charge in [0.05, 0.1) is 16.8 Å². The van der Waals surface area contributed by atoms with E-state index in [-0.39, 0.29) is 11.5 Å². The van der Waals surface area contributed by atoms with Crippen LogP contribution in [0.4, 0.5) is 5.69 Å². The fourth-order valence-electron chi connectivity index (χ4n) is 2.83. The Morgan fingerprint density at radius 2 is 2.00 bits per heavy atom. The van der Waals surface area contributed by atoms with Crippen molar-refractivity contribution >= 4 is 33.1 Å². The summed E-state index contributed by atoms with van der Waals surface area (Å²) in [5.41, 5.74) is 3.31. The van der Waals surface area contributed by atoms with Crippen molar-refractivity contribution in [3.8, 4) is 0 Å². The highest BCUT2D eigenvalue weighted by molar-refractivity contribution is 7.20. The van der Waals surface area contributed by atoms with Crippen LogP contribution in [0.25, 0.3) is 10.2 Å². The SMILES string of the molecule is Cc1ccc(C)c(NC(=O)c2sc3nc(CN(C)C)[nH]c(=O)c3c2C)c1. The summed E-state index contributed by atoms with van der Waals surface area (Å²) in [6, 6.07) is 5.92. The van der Waals surface area contributed by atoms with Crippen molar-refractivity contribution in [3.63, 3.8) is 0 Å². The van der Waals surface area contributed by atoms with Crippen molar-refractivity contribution in [2.75, 3.05) is 19.4 Å². The number of aromatic nitrogens is 2. The maximum Gasteiger partial charge on any atom is 0.266 e. The zero-order chi connectivity index (χ0) is 19.0. The van der Waals surface area contributed by atoms with Crippen molar-refractivity contribution < 1.29 is 4.79 Å². The standard InChI is InChI=1S/C19H22N4O2S/c1-10-6-7-11(2)13(8-10)20-18(25)16-12(3)15-17(24)21-14(9-23(4)5)22-19(15)26-16/h6-8H,9H2,1-5H3,(H,20,25)(H,21,22,24). The highest BCUT2D eigenvalue weighted by Crippen LogP contribution is 2.28. The molecule has 0 unspecified atom stereocenters. The van der Waals surface area contributed by atoms with Gasteiger partial charge >= 0.3 is 0 Å². The minimum Gasteiger partial charge on any atom is -0.321 e. The number of aromatic amines is 1. The molecule has 0 saturated carbocycles. The molecule has 136 valence electrons.